The fraction of sp³-hybridized carbons (Fsp3) is 0.500. The lowest BCUT2D eigenvalue weighted by Gasteiger charge is -2.26. The second-order valence-electron chi connectivity index (χ2n) is 9.96. The lowest BCUT2D eigenvalue weighted by atomic mass is 10.1. The van der Waals surface area contributed by atoms with Crippen molar-refractivity contribution < 1.29 is 46.3 Å². The highest BCUT2D eigenvalue weighted by atomic mass is 32.5. The van der Waals surface area contributed by atoms with Gasteiger partial charge in [0.15, 0.2) is 23.6 Å². The number of rotatable bonds is 2. The quantitative estimate of drug-likeness (QED) is 0.165. The highest BCUT2D eigenvalue weighted by molar-refractivity contribution is 8.07. The van der Waals surface area contributed by atoms with Gasteiger partial charge in [-0.3, -0.25) is 28.2 Å². The van der Waals surface area contributed by atoms with Gasteiger partial charge in [-0.15, -0.1) is 0 Å². The first kappa shape index (κ1) is 29.7. The predicted octanol–water partition coefficient (Wildman–Crippen LogP) is -0.667. The zero-order valence-corrected chi connectivity index (χ0v) is 24.5. The van der Waals surface area contributed by atoms with Gasteiger partial charge >= 0.3 is 14.5 Å². The third kappa shape index (κ3) is 5.31. The van der Waals surface area contributed by atoms with Crippen LogP contribution in [0.3, 0.4) is 0 Å². The Morgan fingerprint density at radius 2 is 1.86 bits per heavy atom. The summed E-state index contributed by atoms with van der Waals surface area (Å²) in [6.07, 6.45) is -6.38. The van der Waals surface area contributed by atoms with E-state index >= 15 is 4.39 Å². The summed E-state index contributed by atoms with van der Waals surface area (Å²) >= 11 is 5.17. The van der Waals surface area contributed by atoms with Crippen molar-refractivity contribution in [2.75, 3.05) is 18.9 Å². The number of imidazole rings is 2. The van der Waals surface area contributed by atoms with Crippen LogP contribution in [-0.4, -0.2) is 92.7 Å². The molecule has 3 fully saturated rings. The van der Waals surface area contributed by atoms with E-state index in [9.17, 15) is 23.9 Å². The van der Waals surface area contributed by atoms with Crippen LogP contribution in [0.2, 0.25) is 0 Å². The maximum atomic E-state index is 15.7. The Bertz CT molecular complexity index is 1970. The van der Waals surface area contributed by atoms with E-state index in [-0.39, 0.29) is 29.2 Å². The molecular formula is C20H22FN9O11P2S. The number of alkyl halides is 1. The SMILES string of the molecule is Nc1nc2c(ncn2[C@@H]2O[C@@H]3COP(O)(=S)O[C@H]4C[C@H](c5cnc6c(=O)[nH]cnn56)O[C@@H]4COP(=O)(O)O[C@@H]2[C@@H]3F)c(=O)[nH]1. The number of fused-ring (bicyclic) bond motifs is 5. The van der Waals surface area contributed by atoms with Crippen LogP contribution in [0.5, 0.6) is 0 Å². The van der Waals surface area contributed by atoms with E-state index in [0.717, 1.165) is 10.9 Å². The number of anilines is 1. The van der Waals surface area contributed by atoms with E-state index in [1.165, 1.54) is 17.0 Å². The molecule has 4 aromatic rings. The normalized spacial score (nSPS) is 36.6. The molecule has 4 aromatic heterocycles. The Morgan fingerprint density at radius 1 is 1.07 bits per heavy atom. The second kappa shape index (κ2) is 10.8. The Hall–Kier alpha value is -3.01. The molecule has 0 aliphatic carbocycles. The monoisotopic (exact) mass is 677 g/mol. The van der Waals surface area contributed by atoms with Crippen molar-refractivity contribution in [3.8, 4) is 0 Å². The van der Waals surface area contributed by atoms with E-state index in [1.54, 1.807) is 0 Å². The molecule has 0 saturated carbocycles. The van der Waals surface area contributed by atoms with Gasteiger partial charge in [-0.25, -0.2) is 23.4 Å². The minimum Gasteiger partial charge on any atom is -0.369 e. The zero-order chi connectivity index (χ0) is 31.0. The first-order valence-corrected chi connectivity index (χ1v) is 16.9. The van der Waals surface area contributed by atoms with Crippen LogP contribution >= 0.6 is 14.5 Å². The van der Waals surface area contributed by atoms with Crippen molar-refractivity contribution in [1.29, 1.82) is 0 Å². The van der Waals surface area contributed by atoms with Gasteiger partial charge in [0.25, 0.3) is 11.1 Å². The summed E-state index contributed by atoms with van der Waals surface area (Å²) < 4.78 is 64.6. The molecule has 2 bridgehead atoms. The largest absolute Gasteiger partial charge is 0.472 e. The van der Waals surface area contributed by atoms with Crippen molar-refractivity contribution in [1.82, 2.24) is 39.1 Å². The standard InChI is InChI=1S/C20H22FN9O11P2S/c21-12-11-4-37-43(35,44)40-9-1-8(7-2-23-16-18(32)24-5-26-30(7)16)38-10(9)3-36-42(33,34)41-14(12)19(39-11)29-6-25-13-15(29)27-20(22)28-17(13)31/h2,5-6,8-12,14,19H,1,3-4H2,(H,33,34)(H,35,44)(H,24,26,32)(H3,22,27,28,31)/t8-,9+,10-,11-,12-,14-,19-,43?/m1/s1. The summed E-state index contributed by atoms with van der Waals surface area (Å²) in [5.41, 5.74) is 4.51. The van der Waals surface area contributed by atoms with Crippen LogP contribution in [0.15, 0.2) is 28.4 Å². The molecule has 3 aliphatic heterocycles. The molecule has 3 saturated heterocycles. The average Bonchev–Trinajstić information content (AvgIpc) is 3.72. The molecule has 6 N–H and O–H groups in total. The number of phosphoric acid groups is 1. The van der Waals surface area contributed by atoms with Gasteiger partial charge in [0.05, 0.1) is 37.5 Å². The Labute approximate surface area is 248 Å². The van der Waals surface area contributed by atoms with Gasteiger partial charge in [0, 0.05) is 6.42 Å². The highest BCUT2D eigenvalue weighted by Gasteiger charge is 2.52. The minimum absolute atomic E-state index is 0.00625. The molecular weight excluding hydrogens is 655 g/mol. The molecule has 0 aromatic carbocycles. The molecule has 0 amide bonds. The first-order valence-electron chi connectivity index (χ1n) is 12.8. The number of nitrogens with two attached hydrogens (primary N) is 1. The van der Waals surface area contributed by atoms with E-state index in [1.807, 2.05) is 0 Å². The van der Waals surface area contributed by atoms with Gasteiger partial charge in [-0.05, 0) is 11.8 Å². The molecule has 3 aliphatic rings. The molecule has 236 valence electrons. The third-order valence-electron chi connectivity index (χ3n) is 7.18. The molecule has 0 spiro atoms. The van der Waals surface area contributed by atoms with Crippen molar-refractivity contribution >= 4 is 49.1 Å². The number of phosphoric ester groups is 1. The topological polar surface area (TPSA) is 266 Å². The summed E-state index contributed by atoms with van der Waals surface area (Å²) in [6, 6.07) is 0. The van der Waals surface area contributed by atoms with Gasteiger partial charge in [-0.1, -0.05) is 0 Å². The molecule has 9 atom stereocenters. The predicted molar refractivity (Wildman–Crippen MR) is 145 cm³/mol. The fourth-order valence-corrected chi connectivity index (χ4v) is 7.64. The number of H-pyrrole nitrogens is 2. The molecule has 44 heavy (non-hydrogen) atoms. The number of nitrogen functional groups attached to an aromatic ring is 1. The maximum Gasteiger partial charge on any atom is 0.472 e. The van der Waals surface area contributed by atoms with E-state index in [2.05, 4.69) is 30.0 Å². The second-order valence-corrected chi connectivity index (χ2v) is 14.2. The fourth-order valence-electron chi connectivity index (χ4n) is 5.25. The number of aromatic nitrogens is 8. The van der Waals surface area contributed by atoms with Crippen molar-refractivity contribution in [3.05, 3.63) is 45.3 Å². The van der Waals surface area contributed by atoms with Crippen LogP contribution in [0, 0.1) is 0 Å². The first-order chi connectivity index (χ1) is 20.9. The van der Waals surface area contributed by atoms with Gasteiger partial charge in [0.2, 0.25) is 11.6 Å². The van der Waals surface area contributed by atoms with Gasteiger partial charge < -0.3 is 39.0 Å². The number of halogens is 1. The summed E-state index contributed by atoms with van der Waals surface area (Å²) in [4.78, 5) is 62.6. The van der Waals surface area contributed by atoms with Crippen LogP contribution in [-0.2, 0) is 43.9 Å². The molecule has 2 unspecified atom stereocenters. The summed E-state index contributed by atoms with van der Waals surface area (Å²) in [5.74, 6) is -0.274. The smallest absolute Gasteiger partial charge is 0.369 e. The van der Waals surface area contributed by atoms with E-state index in [4.69, 9.17) is 45.1 Å². The number of aromatic amines is 2. The third-order valence-corrected chi connectivity index (χ3v) is 9.75. The summed E-state index contributed by atoms with van der Waals surface area (Å²) in [5, 5.41) is 4.07. The lowest BCUT2D eigenvalue weighted by Crippen LogP contribution is -2.32. The summed E-state index contributed by atoms with van der Waals surface area (Å²) in [7, 11) is -5.06. The molecule has 0 radical (unpaired) electrons. The molecule has 20 nitrogen and oxygen atoms in total. The number of hydrogen-bond acceptors (Lipinski definition) is 15. The van der Waals surface area contributed by atoms with Crippen LogP contribution in [0.1, 0.15) is 24.4 Å². The molecule has 7 heterocycles. The van der Waals surface area contributed by atoms with E-state index < -0.39 is 81.8 Å². The van der Waals surface area contributed by atoms with Crippen LogP contribution in [0.4, 0.5) is 10.3 Å². The van der Waals surface area contributed by atoms with E-state index in [0.29, 0.717) is 5.69 Å². The average molecular weight is 677 g/mol. The Balaban J connectivity index is 1.19. The Kier molecular flexibility index (Phi) is 7.29. The van der Waals surface area contributed by atoms with Crippen LogP contribution < -0.4 is 16.9 Å². The van der Waals surface area contributed by atoms with Crippen molar-refractivity contribution in [2.24, 2.45) is 0 Å². The van der Waals surface area contributed by atoms with Crippen LogP contribution in [0.25, 0.3) is 16.8 Å². The Morgan fingerprint density at radius 3 is 2.68 bits per heavy atom. The molecule has 7 rings (SSSR count). The van der Waals surface area contributed by atoms with Crippen molar-refractivity contribution in [3.63, 3.8) is 0 Å². The number of ether oxygens (including phenoxy) is 2. The number of nitrogens with zero attached hydrogens (tertiary/aromatic N) is 6. The number of nitrogens with one attached hydrogen (secondary N) is 2. The highest BCUT2D eigenvalue weighted by Crippen LogP contribution is 2.54. The summed E-state index contributed by atoms with van der Waals surface area (Å²) in [6.45, 7) is -5.42. The molecule has 24 heteroatoms. The van der Waals surface area contributed by atoms with Crippen molar-refractivity contribution in [2.45, 2.75) is 49.3 Å². The number of hydrogen-bond donors (Lipinski definition) is 5. The minimum atomic E-state index is -5.06. The maximum absolute atomic E-state index is 15.7. The van der Waals surface area contributed by atoms with Gasteiger partial charge in [0.1, 0.15) is 30.7 Å². The van der Waals surface area contributed by atoms with Gasteiger partial charge in [-0.2, -0.15) is 10.1 Å². The lowest BCUT2D eigenvalue weighted by molar-refractivity contribution is -0.0595. The zero-order valence-electron chi connectivity index (χ0n) is 21.9.